The first-order valence-corrected chi connectivity index (χ1v) is 5.98. The summed E-state index contributed by atoms with van der Waals surface area (Å²) in [6.45, 7) is 2.24. The maximum Gasteiger partial charge on any atom is 0.216 e. The Balaban J connectivity index is 2.14. The Morgan fingerprint density at radius 3 is 3.20 bits per heavy atom. The molecule has 0 radical (unpaired) electrons. The molecule has 1 aliphatic heterocycles. The summed E-state index contributed by atoms with van der Waals surface area (Å²) in [6, 6.07) is 2.10. The number of ether oxygens (including phenoxy) is 1. The van der Waals surface area contributed by atoms with Crippen molar-refractivity contribution in [3.63, 3.8) is 0 Å². The van der Waals surface area contributed by atoms with E-state index in [4.69, 9.17) is 4.74 Å². The molecule has 0 aromatic carbocycles. The first kappa shape index (κ1) is 10.9. The molecule has 0 spiro atoms. The zero-order valence-corrected chi connectivity index (χ0v) is 10.4. The van der Waals surface area contributed by atoms with Gasteiger partial charge in [0.05, 0.1) is 7.11 Å². The molecule has 0 saturated carbocycles. The molecule has 4 heteroatoms. The van der Waals surface area contributed by atoms with Crippen LogP contribution < -0.4 is 10.1 Å². The quantitative estimate of drug-likeness (QED) is 0.913. The molecule has 82 valence electrons. The van der Waals surface area contributed by atoms with Crippen LogP contribution in [0.15, 0.2) is 16.7 Å². The van der Waals surface area contributed by atoms with E-state index in [1.54, 1.807) is 13.3 Å². The number of halogens is 1. The molecule has 0 bridgehead atoms. The van der Waals surface area contributed by atoms with Crippen molar-refractivity contribution in [2.75, 3.05) is 20.2 Å². The minimum absolute atomic E-state index is 0.718. The van der Waals surface area contributed by atoms with E-state index in [9.17, 15) is 0 Å². The Labute approximate surface area is 98.4 Å². The Morgan fingerprint density at radius 2 is 2.53 bits per heavy atom. The zero-order chi connectivity index (χ0) is 10.7. The van der Waals surface area contributed by atoms with Crippen molar-refractivity contribution in [3.8, 4) is 5.88 Å². The normalized spacial score (nSPS) is 20.5. The van der Waals surface area contributed by atoms with E-state index < -0.39 is 0 Å². The molecule has 2 rings (SSSR count). The molecule has 1 saturated heterocycles. The molecule has 1 aromatic rings. The van der Waals surface area contributed by atoms with Gasteiger partial charge in [-0.3, -0.25) is 0 Å². The summed E-state index contributed by atoms with van der Waals surface area (Å²) in [5, 5.41) is 3.37. The monoisotopic (exact) mass is 270 g/mol. The van der Waals surface area contributed by atoms with Crippen LogP contribution in [0.3, 0.4) is 0 Å². The largest absolute Gasteiger partial charge is 0.481 e. The lowest BCUT2D eigenvalue weighted by atomic mass is 9.99. The minimum atomic E-state index is 0.718. The Morgan fingerprint density at radius 1 is 1.67 bits per heavy atom. The average molecular weight is 271 g/mol. The van der Waals surface area contributed by atoms with Crippen LogP contribution in [-0.2, 0) is 6.42 Å². The highest BCUT2D eigenvalue weighted by atomic mass is 79.9. The number of nitrogens with zero attached hydrogens (tertiary/aromatic N) is 1. The summed E-state index contributed by atoms with van der Waals surface area (Å²) in [4.78, 5) is 4.25. The zero-order valence-electron chi connectivity index (χ0n) is 8.79. The number of aromatic nitrogens is 1. The van der Waals surface area contributed by atoms with Gasteiger partial charge in [-0.15, -0.1) is 0 Å². The second-order valence-corrected chi connectivity index (χ2v) is 4.80. The van der Waals surface area contributed by atoms with Crippen LogP contribution in [0, 0.1) is 5.92 Å². The fraction of sp³-hybridized carbons (Fsp3) is 0.545. The molecule has 1 unspecified atom stereocenters. The predicted molar refractivity (Wildman–Crippen MR) is 63.2 cm³/mol. The average Bonchev–Trinajstić information content (AvgIpc) is 2.71. The summed E-state index contributed by atoms with van der Waals surface area (Å²) >= 11 is 3.44. The maximum atomic E-state index is 5.26. The number of hydrogen-bond acceptors (Lipinski definition) is 3. The molecule has 1 N–H and O–H groups in total. The van der Waals surface area contributed by atoms with Crippen LogP contribution in [0.25, 0.3) is 0 Å². The summed E-state index contributed by atoms with van der Waals surface area (Å²) < 4.78 is 6.28. The van der Waals surface area contributed by atoms with Crippen molar-refractivity contribution >= 4 is 15.9 Å². The summed E-state index contributed by atoms with van der Waals surface area (Å²) in [7, 11) is 1.67. The predicted octanol–water partition coefficient (Wildman–Crippen LogP) is 2.00. The van der Waals surface area contributed by atoms with Crippen molar-refractivity contribution in [2.45, 2.75) is 12.8 Å². The van der Waals surface area contributed by atoms with Crippen molar-refractivity contribution < 1.29 is 4.74 Å². The number of methoxy groups -OCH3 is 1. The van der Waals surface area contributed by atoms with Crippen LogP contribution >= 0.6 is 15.9 Å². The van der Waals surface area contributed by atoms with Gasteiger partial charge in [0.1, 0.15) is 0 Å². The summed E-state index contributed by atoms with van der Waals surface area (Å²) in [5.41, 5.74) is 1.19. The van der Waals surface area contributed by atoms with E-state index in [0.29, 0.717) is 0 Å². The van der Waals surface area contributed by atoms with Crippen molar-refractivity contribution in [1.29, 1.82) is 0 Å². The van der Waals surface area contributed by atoms with E-state index in [0.717, 1.165) is 35.8 Å². The molecule has 2 heterocycles. The van der Waals surface area contributed by atoms with Crippen LogP contribution in [0.4, 0.5) is 0 Å². The van der Waals surface area contributed by atoms with Crippen LogP contribution in [0.1, 0.15) is 12.0 Å². The van der Waals surface area contributed by atoms with E-state index in [1.807, 2.05) is 0 Å². The molecule has 0 amide bonds. The standard InChI is InChI=1S/C11H15BrN2O/c1-15-11-9(5-10(12)7-14-11)4-8-2-3-13-6-8/h5,7-8,13H,2-4,6H2,1H3. The highest BCUT2D eigenvalue weighted by Crippen LogP contribution is 2.24. The van der Waals surface area contributed by atoms with Gasteiger partial charge in [0.25, 0.3) is 0 Å². The Kier molecular flexibility index (Phi) is 3.59. The summed E-state index contributed by atoms with van der Waals surface area (Å²) in [6.07, 6.45) is 4.06. The van der Waals surface area contributed by atoms with E-state index in [-0.39, 0.29) is 0 Å². The second-order valence-electron chi connectivity index (χ2n) is 3.88. The van der Waals surface area contributed by atoms with Crippen LogP contribution in [-0.4, -0.2) is 25.2 Å². The van der Waals surface area contributed by atoms with Gasteiger partial charge in [0, 0.05) is 16.2 Å². The van der Waals surface area contributed by atoms with Gasteiger partial charge in [0.15, 0.2) is 0 Å². The molecule has 15 heavy (non-hydrogen) atoms. The maximum absolute atomic E-state index is 5.26. The second kappa shape index (κ2) is 4.94. The van der Waals surface area contributed by atoms with E-state index in [1.165, 1.54) is 12.0 Å². The van der Waals surface area contributed by atoms with Crippen LogP contribution in [0.2, 0.25) is 0 Å². The van der Waals surface area contributed by atoms with E-state index >= 15 is 0 Å². The first-order chi connectivity index (χ1) is 7.29. The van der Waals surface area contributed by atoms with Gasteiger partial charge in [-0.25, -0.2) is 4.98 Å². The fourth-order valence-corrected chi connectivity index (χ4v) is 2.38. The molecular formula is C11H15BrN2O. The smallest absolute Gasteiger partial charge is 0.216 e. The third-order valence-electron chi connectivity index (χ3n) is 2.76. The molecule has 1 aromatic heterocycles. The van der Waals surface area contributed by atoms with Gasteiger partial charge in [-0.1, -0.05) is 0 Å². The third-order valence-corrected chi connectivity index (χ3v) is 3.19. The van der Waals surface area contributed by atoms with Gasteiger partial charge in [0.2, 0.25) is 5.88 Å². The topological polar surface area (TPSA) is 34.1 Å². The van der Waals surface area contributed by atoms with Crippen molar-refractivity contribution in [2.24, 2.45) is 5.92 Å². The molecule has 0 aliphatic carbocycles. The Hall–Kier alpha value is -0.610. The van der Waals surface area contributed by atoms with Crippen molar-refractivity contribution in [3.05, 3.63) is 22.3 Å². The molecule has 1 fully saturated rings. The van der Waals surface area contributed by atoms with Gasteiger partial charge in [-0.05, 0) is 53.8 Å². The van der Waals surface area contributed by atoms with Gasteiger partial charge >= 0.3 is 0 Å². The summed E-state index contributed by atoms with van der Waals surface area (Å²) in [5.74, 6) is 1.47. The number of pyridine rings is 1. The number of rotatable bonds is 3. The van der Waals surface area contributed by atoms with E-state index in [2.05, 4.69) is 32.3 Å². The first-order valence-electron chi connectivity index (χ1n) is 5.18. The van der Waals surface area contributed by atoms with Gasteiger partial charge < -0.3 is 10.1 Å². The molecule has 1 atom stereocenters. The molecule has 1 aliphatic rings. The SMILES string of the molecule is COc1ncc(Br)cc1CC1CCNC1. The molecule has 3 nitrogen and oxygen atoms in total. The lowest BCUT2D eigenvalue weighted by Gasteiger charge is -2.11. The fourth-order valence-electron chi connectivity index (χ4n) is 2.00. The Bertz CT molecular complexity index is 337. The highest BCUT2D eigenvalue weighted by molar-refractivity contribution is 9.10. The number of nitrogens with one attached hydrogen (secondary N) is 1. The third kappa shape index (κ3) is 2.69. The van der Waals surface area contributed by atoms with Crippen molar-refractivity contribution in [1.82, 2.24) is 10.3 Å². The van der Waals surface area contributed by atoms with Crippen LogP contribution in [0.5, 0.6) is 5.88 Å². The van der Waals surface area contributed by atoms with Gasteiger partial charge in [-0.2, -0.15) is 0 Å². The molecular weight excluding hydrogens is 256 g/mol. The highest BCUT2D eigenvalue weighted by Gasteiger charge is 2.17. The minimum Gasteiger partial charge on any atom is -0.481 e. The number of hydrogen-bond donors (Lipinski definition) is 1. The lowest BCUT2D eigenvalue weighted by molar-refractivity contribution is 0.388. The lowest BCUT2D eigenvalue weighted by Crippen LogP contribution is -2.11.